The van der Waals surface area contributed by atoms with Crippen molar-refractivity contribution < 1.29 is 26.9 Å². The van der Waals surface area contributed by atoms with Gasteiger partial charge in [-0.1, -0.05) is 44.2 Å². The summed E-state index contributed by atoms with van der Waals surface area (Å²) in [7, 11) is -4.09. The van der Waals surface area contributed by atoms with E-state index in [1.807, 2.05) is 26.0 Å². The summed E-state index contributed by atoms with van der Waals surface area (Å²) in [5.74, 6) is -0.755. The first kappa shape index (κ1) is 27.4. The smallest absolute Gasteiger partial charge is 0.354 e. The van der Waals surface area contributed by atoms with Crippen molar-refractivity contribution in [3.63, 3.8) is 0 Å². The van der Waals surface area contributed by atoms with Gasteiger partial charge in [-0.3, -0.25) is 10.2 Å². The first-order chi connectivity index (χ1) is 17.4. The number of nitrogens with one attached hydrogen (secondary N) is 2. The number of carbonyl (C=O) groups excluding carboxylic acids is 2. The Morgan fingerprint density at radius 3 is 2.24 bits per heavy atom. The molecule has 194 valence electrons. The fourth-order valence-corrected chi connectivity index (χ4v) is 3.84. The number of rotatable bonds is 10. The van der Waals surface area contributed by atoms with Crippen LogP contribution in [0.15, 0.2) is 66.7 Å². The summed E-state index contributed by atoms with van der Waals surface area (Å²) in [5, 5.41) is 10.3. The molecule has 0 fully saturated rings. The molecule has 0 spiro atoms. The van der Waals surface area contributed by atoms with Gasteiger partial charge in [0, 0.05) is 17.7 Å². The number of amides is 1. The molecule has 10 heteroatoms. The predicted octanol–water partition coefficient (Wildman–Crippen LogP) is 3.72. The average molecular weight is 524 g/mol. The summed E-state index contributed by atoms with van der Waals surface area (Å²) < 4.78 is 33.9. The lowest BCUT2D eigenvalue weighted by atomic mass is 9.94. The van der Waals surface area contributed by atoms with Crippen LogP contribution in [0.1, 0.15) is 45.7 Å². The molecule has 0 bridgehead atoms. The van der Waals surface area contributed by atoms with Gasteiger partial charge in [0.15, 0.2) is 0 Å². The van der Waals surface area contributed by atoms with Crippen molar-refractivity contribution in [3.05, 3.63) is 89.0 Å². The molecular weight excluding hydrogens is 494 g/mol. The Bertz CT molecular complexity index is 1420. The van der Waals surface area contributed by atoms with E-state index in [0.717, 1.165) is 6.26 Å². The van der Waals surface area contributed by atoms with Gasteiger partial charge in [-0.25, -0.2) is 4.79 Å². The molecule has 9 nitrogen and oxygen atoms in total. The summed E-state index contributed by atoms with van der Waals surface area (Å²) in [6, 6.07) is 18.4. The first-order valence-corrected chi connectivity index (χ1v) is 13.3. The third-order valence-electron chi connectivity index (χ3n) is 5.27. The van der Waals surface area contributed by atoms with E-state index in [4.69, 9.17) is 15.9 Å². The molecule has 3 aromatic rings. The molecule has 37 heavy (non-hydrogen) atoms. The summed E-state index contributed by atoms with van der Waals surface area (Å²) in [6.45, 7) is 4.48. The van der Waals surface area contributed by atoms with E-state index in [1.165, 1.54) is 6.07 Å². The van der Waals surface area contributed by atoms with Crippen LogP contribution in [0.25, 0.3) is 11.1 Å². The maximum Gasteiger partial charge on any atom is 0.354 e. The average Bonchev–Trinajstić information content (AvgIpc) is 2.85. The second kappa shape index (κ2) is 11.7. The topological polar surface area (TPSA) is 149 Å². The molecule has 0 aliphatic carbocycles. The van der Waals surface area contributed by atoms with Crippen molar-refractivity contribution in [3.8, 4) is 16.9 Å². The van der Waals surface area contributed by atoms with Crippen molar-refractivity contribution in [2.24, 2.45) is 11.7 Å². The third kappa shape index (κ3) is 7.65. The zero-order valence-corrected chi connectivity index (χ0v) is 21.6. The van der Waals surface area contributed by atoms with Gasteiger partial charge in [-0.2, -0.15) is 8.42 Å². The zero-order chi connectivity index (χ0) is 27.2. The maximum atomic E-state index is 12.9. The lowest BCUT2D eigenvalue weighted by Gasteiger charge is -2.15. The maximum absolute atomic E-state index is 12.9. The van der Waals surface area contributed by atoms with Gasteiger partial charge in [-0.15, -0.1) is 0 Å². The molecule has 0 aliphatic rings. The highest BCUT2D eigenvalue weighted by Gasteiger charge is 2.22. The summed E-state index contributed by atoms with van der Waals surface area (Å²) >= 11 is 0. The van der Waals surface area contributed by atoms with Crippen molar-refractivity contribution in [2.75, 3.05) is 12.8 Å². The van der Waals surface area contributed by atoms with E-state index >= 15 is 0 Å². The number of hydrogen-bond donors (Lipinski definition) is 3. The number of hydrogen-bond acceptors (Lipinski definition) is 7. The molecule has 0 heterocycles. The van der Waals surface area contributed by atoms with Crippen LogP contribution in [0.4, 0.5) is 0 Å². The molecule has 3 aromatic carbocycles. The Morgan fingerprint density at radius 1 is 0.973 bits per heavy atom. The van der Waals surface area contributed by atoms with Crippen molar-refractivity contribution in [2.45, 2.75) is 20.5 Å². The van der Waals surface area contributed by atoms with E-state index in [1.54, 1.807) is 48.5 Å². The second-order valence-electron chi connectivity index (χ2n) is 8.82. The fourth-order valence-electron chi connectivity index (χ4n) is 3.47. The van der Waals surface area contributed by atoms with Gasteiger partial charge in [0.25, 0.3) is 5.91 Å². The Balaban J connectivity index is 1.98. The number of benzene rings is 3. The minimum atomic E-state index is -4.09. The Morgan fingerprint density at radius 2 is 1.62 bits per heavy atom. The summed E-state index contributed by atoms with van der Waals surface area (Å²) in [6.07, 6.45) is 0.781. The normalized spacial score (nSPS) is 11.1. The minimum absolute atomic E-state index is 0.0493. The molecule has 0 atom stereocenters. The lowest BCUT2D eigenvalue weighted by molar-refractivity contribution is 0.0749. The molecule has 0 unspecified atom stereocenters. The van der Waals surface area contributed by atoms with Crippen LogP contribution < -0.4 is 15.8 Å². The van der Waals surface area contributed by atoms with Crippen LogP contribution in [0, 0.1) is 11.3 Å². The van der Waals surface area contributed by atoms with Crippen LogP contribution in [-0.4, -0.2) is 38.9 Å². The van der Waals surface area contributed by atoms with E-state index in [-0.39, 0.29) is 35.4 Å². The molecule has 1 amide bonds. The molecule has 0 saturated carbocycles. The summed E-state index contributed by atoms with van der Waals surface area (Å²) in [5.41, 5.74) is 7.90. The molecule has 0 radical (unpaired) electrons. The second-order valence-corrected chi connectivity index (χ2v) is 10.4. The Labute approximate surface area is 216 Å². The Kier molecular flexibility index (Phi) is 8.67. The van der Waals surface area contributed by atoms with E-state index in [9.17, 15) is 18.0 Å². The highest BCUT2D eigenvalue weighted by Crippen LogP contribution is 2.30. The van der Waals surface area contributed by atoms with Crippen LogP contribution >= 0.6 is 0 Å². The van der Waals surface area contributed by atoms with Crippen LogP contribution in [-0.2, 0) is 20.9 Å². The van der Waals surface area contributed by atoms with Crippen LogP contribution in [0.5, 0.6) is 5.75 Å². The van der Waals surface area contributed by atoms with Gasteiger partial charge in [0.05, 0.1) is 11.8 Å². The van der Waals surface area contributed by atoms with Gasteiger partial charge in [0.2, 0.25) is 0 Å². The molecule has 3 rings (SSSR count). The molecule has 0 saturated heterocycles. The fraction of sp³-hybridized carbons (Fsp3) is 0.222. The van der Waals surface area contributed by atoms with E-state index < -0.39 is 16.1 Å². The van der Waals surface area contributed by atoms with Gasteiger partial charge >= 0.3 is 16.1 Å². The van der Waals surface area contributed by atoms with Crippen molar-refractivity contribution >= 4 is 27.8 Å². The highest BCUT2D eigenvalue weighted by atomic mass is 32.2. The Hall–Kier alpha value is -4.18. The zero-order valence-electron chi connectivity index (χ0n) is 20.8. The number of nitrogen functional groups attached to an aromatic ring is 1. The van der Waals surface area contributed by atoms with Crippen LogP contribution in [0.2, 0.25) is 0 Å². The van der Waals surface area contributed by atoms with Crippen LogP contribution in [0.3, 0.4) is 0 Å². The van der Waals surface area contributed by atoms with Gasteiger partial charge < -0.3 is 20.0 Å². The number of ether oxygens (including phenoxy) is 1. The monoisotopic (exact) mass is 523 g/mol. The van der Waals surface area contributed by atoms with E-state index in [0.29, 0.717) is 34.5 Å². The minimum Gasteiger partial charge on any atom is -0.489 e. The molecule has 4 N–H and O–H groups in total. The molecule has 0 aromatic heterocycles. The standard InChI is InChI=1S/C27H29N3O6S/c1-17(2)15-30-26(31)19-10-13-23(24(14-19)27(32)36-37(3,33)34)22-7-5-4-6-20(22)16-35-21-11-8-18(9-12-21)25(28)29/h4-14,17H,15-16H2,1-3H3,(H3,28,29)(H,30,31). The molecular formula is C27H29N3O6S. The van der Waals surface area contributed by atoms with Crippen molar-refractivity contribution in [1.82, 2.24) is 5.32 Å². The first-order valence-electron chi connectivity index (χ1n) is 11.5. The summed E-state index contributed by atoms with van der Waals surface area (Å²) in [4.78, 5) is 25.5. The highest BCUT2D eigenvalue weighted by molar-refractivity contribution is 7.86. The van der Waals surface area contributed by atoms with E-state index in [2.05, 4.69) is 9.50 Å². The largest absolute Gasteiger partial charge is 0.489 e. The number of carbonyl (C=O) groups is 2. The predicted molar refractivity (Wildman–Crippen MR) is 141 cm³/mol. The lowest BCUT2D eigenvalue weighted by Crippen LogP contribution is -2.27. The quantitative estimate of drug-likeness (QED) is 0.208. The van der Waals surface area contributed by atoms with Gasteiger partial charge in [-0.05, 0) is 59.0 Å². The van der Waals surface area contributed by atoms with Crippen molar-refractivity contribution in [1.29, 1.82) is 5.41 Å². The number of nitrogens with two attached hydrogens (primary N) is 1. The number of amidine groups is 1. The molecule has 0 aliphatic heterocycles. The SMILES string of the molecule is CC(C)CNC(=O)c1ccc(-c2ccccc2COc2ccc(C(=N)N)cc2)c(C(=O)OS(C)(=O)=O)c1. The third-order valence-corrected chi connectivity index (χ3v) is 5.72. The van der Waals surface area contributed by atoms with Gasteiger partial charge in [0.1, 0.15) is 18.2 Å².